The van der Waals surface area contributed by atoms with Gasteiger partial charge < -0.3 is 23.4 Å². The van der Waals surface area contributed by atoms with Gasteiger partial charge in [0.05, 0.1) is 19.5 Å². The van der Waals surface area contributed by atoms with Gasteiger partial charge in [0.1, 0.15) is 23.5 Å². The molecule has 37 heavy (non-hydrogen) atoms. The number of nitrogens with two attached hydrogens (primary N) is 1. The molecule has 0 aliphatic carbocycles. The highest BCUT2D eigenvalue weighted by Gasteiger charge is 2.68. The number of hydroxylamine groups is 2. The van der Waals surface area contributed by atoms with Crippen molar-refractivity contribution in [2.45, 2.75) is 102 Å². The topological polar surface area (TPSA) is 119 Å². The Morgan fingerprint density at radius 3 is 2.24 bits per heavy atom. The average Bonchev–Trinajstić information content (AvgIpc) is 3.29. The molecular weight excluding hydrogens is 508 g/mol. The molecule has 5 rings (SSSR count). The van der Waals surface area contributed by atoms with Crippen molar-refractivity contribution >= 4 is 34.1 Å². The molecule has 11 nitrogen and oxygen atoms in total. The summed E-state index contributed by atoms with van der Waals surface area (Å²) in [7, 11) is -3.64. The fourth-order valence-electron chi connectivity index (χ4n) is 6.43. The van der Waals surface area contributed by atoms with Gasteiger partial charge in [-0.3, -0.25) is 9.40 Å². The number of aromatic nitrogens is 4. The van der Waals surface area contributed by atoms with E-state index in [2.05, 4.69) is 70.3 Å². The van der Waals surface area contributed by atoms with Gasteiger partial charge in [-0.15, -0.1) is 0 Å². The van der Waals surface area contributed by atoms with Crippen LogP contribution in [0.1, 0.15) is 61.6 Å². The highest BCUT2D eigenvalue weighted by molar-refractivity contribution is 6.84. The lowest BCUT2D eigenvalue weighted by Gasteiger charge is -2.55. The van der Waals surface area contributed by atoms with Gasteiger partial charge in [0.15, 0.2) is 23.8 Å². The van der Waals surface area contributed by atoms with Crippen LogP contribution in [-0.2, 0) is 22.5 Å². The largest absolute Gasteiger partial charge is 0.414 e. The van der Waals surface area contributed by atoms with Gasteiger partial charge in [-0.2, -0.15) is 5.06 Å². The van der Waals surface area contributed by atoms with E-state index in [4.69, 9.17) is 28.3 Å². The van der Waals surface area contributed by atoms with E-state index in [-0.39, 0.29) is 28.3 Å². The Balaban J connectivity index is 1.66. The van der Waals surface area contributed by atoms with Crippen molar-refractivity contribution in [3.63, 3.8) is 0 Å². The Morgan fingerprint density at radius 2 is 1.62 bits per heavy atom. The summed E-state index contributed by atoms with van der Waals surface area (Å²) in [6.45, 7) is 18.7. The van der Waals surface area contributed by atoms with E-state index in [0.29, 0.717) is 30.1 Å². The minimum Gasteiger partial charge on any atom is -0.414 e. The Bertz CT molecular complexity index is 1130. The summed E-state index contributed by atoms with van der Waals surface area (Å²) in [5, 5.41) is 1.85. The number of hydrogen-bond donors (Lipinski definition) is 1. The monoisotopic (exact) mass is 550 g/mol. The minimum absolute atomic E-state index is 0.203. The first kappa shape index (κ1) is 27.1. The summed E-state index contributed by atoms with van der Waals surface area (Å²) in [4.78, 5) is 19.5. The van der Waals surface area contributed by atoms with Gasteiger partial charge in [-0.1, -0.05) is 55.4 Å². The maximum atomic E-state index is 7.37. The molecule has 2 bridgehead atoms. The number of hydrogen-bond acceptors (Lipinski definition) is 10. The zero-order valence-corrected chi connectivity index (χ0v) is 25.5. The highest BCUT2D eigenvalue weighted by atomic mass is 28.5. The zero-order chi connectivity index (χ0) is 26.9. The van der Waals surface area contributed by atoms with Crippen molar-refractivity contribution in [2.24, 2.45) is 0 Å². The lowest BCUT2D eigenvalue weighted by atomic mass is 9.94. The fourth-order valence-corrected chi connectivity index (χ4v) is 17.7. The first-order valence-electron chi connectivity index (χ1n) is 13.4. The molecule has 0 aromatic carbocycles. The molecule has 0 radical (unpaired) electrons. The summed E-state index contributed by atoms with van der Waals surface area (Å²) < 4.78 is 30.6. The maximum absolute atomic E-state index is 7.37. The Morgan fingerprint density at radius 1 is 0.973 bits per heavy atom. The van der Waals surface area contributed by atoms with Crippen LogP contribution in [0.3, 0.4) is 0 Å². The second kappa shape index (κ2) is 9.33. The second-order valence-corrected chi connectivity index (χ2v) is 20.8. The number of nitrogen functional groups attached to an aromatic ring is 1. The van der Waals surface area contributed by atoms with E-state index in [9.17, 15) is 0 Å². The minimum atomic E-state index is -2.85. The smallest absolute Gasteiger partial charge is 0.335 e. The standard InChI is InChI=1S/C24H42N6O5Si2/c1-14(2)36(15(3)4)31-11-24-10-29(9)33-19(20(24)34-37(35-36,16(5)6)17(7)8)23(32-24)30-13-28-18-21(25)26-12-27-22(18)30/h12-17,19-20,23H,10-11H2,1-9H3,(H2,25,26,27)/t19-,20?,23+,24+/m0/s1. The van der Waals surface area contributed by atoms with Crippen LogP contribution in [0.5, 0.6) is 0 Å². The lowest BCUT2D eigenvalue weighted by molar-refractivity contribution is -0.257. The Hall–Kier alpha value is -1.46. The molecule has 0 spiro atoms. The molecule has 2 aromatic rings. The molecule has 2 N–H and O–H groups in total. The number of anilines is 1. The molecule has 0 saturated carbocycles. The van der Waals surface area contributed by atoms with Crippen molar-refractivity contribution in [3.8, 4) is 0 Å². The van der Waals surface area contributed by atoms with Gasteiger partial charge >= 0.3 is 17.1 Å². The van der Waals surface area contributed by atoms with Crippen LogP contribution >= 0.6 is 0 Å². The summed E-state index contributed by atoms with van der Waals surface area (Å²) >= 11 is 0. The second-order valence-electron chi connectivity index (χ2n) is 12.0. The first-order valence-corrected chi connectivity index (χ1v) is 17.3. The van der Waals surface area contributed by atoms with E-state index < -0.39 is 35.1 Å². The average molecular weight is 551 g/mol. The van der Waals surface area contributed by atoms with E-state index in [1.807, 2.05) is 16.7 Å². The van der Waals surface area contributed by atoms with E-state index >= 15 is 0 Å². The normalized spacial score (nSPS) is 31.9. The molecule has 3 aliphatic heterocycles. The molecule has 5 heterocycles. The molecule has 1 unspecified atom stereocenters. The molecule has 3 saturated heterocycles. The van der Waals surface area contributed by atoms with Gasteiger partial charge in [0.2, 0.25) is 0 Å². The molecule has 4 atom stereocenters. The van der Waals surface area contributed by atoms with Gasteiger partial charge in [0.25, 0.3) is 0 Å². The molecule has 2 aromatic heterocycles. The highest BCUT2D eigenvalue weighted by Crippen LogP contribution is 2.53. The molecule has 206 valence electrons. The summed E-state index contributed by atoms with van der Waals surface area (Å²) in [5.41, 5.74) is 7.38. The first-order chi connectivity index (χ1) is 17.4. The van der Waals surface area contributed by atoms with Crippen molar-refractivity contribution in [2.75, 3.05) is 25.9 Å². The molecule has 0 amide bonds. The van der Waals surface area contributed by atoms with Gasteiger partial charge in [0, 0.05) is 7.05 Å². The summed E-state index contributed by atoms with van der Waals surface area (Å²) in [6, 6.07) is 0. The fraction of sp³-hybridized carbons (Fsp3) is 0.792. The van der Waals surface area contributed by atoms with Crippen LogP contribution in [0, 0.1) is 0 Å². The predicted octanol–water partition coefficient (Wildman–Crippen LogP) is 3.88. The van der Waals surface area contributed by atoms with Crippen LogP contribution in [0.4, 0.5) is 5.82 Å². The quantitative estimate of drug-likeness (QED) is 0.549. The van der Waals surface area contributed by atoms with Crippen LogP contribution in [0.25, 0.3) is 11.2 Å². The van der Waals surface area contributed by atoms with E-state index in [1.165, 1.54) is 6.33 Å². The SMILES string of the molecule is CC(C)[Si]1(C(C)C)OC[C@]23CN(C)O[C@@H](C2O[Si](C(C)C)(C(C)C)O1)[C@H](n1cnc2c(N)ncnc21)O3. The zero-order valence-electron chi connectivity index (χ0n) is 23.5. The van der Waals surface area contributed by atoms with E-state index in [1.54, 1.807) is 6.33 Å². The van der Waals surface area contributed by atoms with E-state index in [0.717, 1.165) is 0 Å². The number of imidazole rings is 1. The number of nitrogens with zero attached hydrogens (tertiary/aromatic N) is 5. The Labute approximate surface area is 221 Å². The molecule has 13 heteroatoms. The number of fused-ring (bicyclic) bond motifs is 1. The number of likely N-dealkylation sites (N-methyl/N-ethyl adjacent to an activating group) is 1. The van der Waals surface area contributed by atoms with Crippen molar-refractivity contribution < 1.29 is 22.5 Å². The number of ether oxygens (including phenoxy) is 1. The van der Waals surface area contributed by atoms with Crippen molar-refractivity contribution in [3.05, 3.63) is 12.7 Å². The van der Waals surface area contributed by atoms with Crippen LogP contribution in [0.2, 0.25) is 22.2 Å². The predicted molar refractivity (Wildman–Crippen MR) is 144 cm³/mol. The third kappa shape index (κ3) is 4.01. The van der Waals surface area contributed by atoms with Crippen molar-refractivity contribution in [1.82, 2.24) is 24.6 Å². The maximum Gasteiger partial charge on any atom is 0.335 e. The Kier molecular flexibility index (Phi) is 6.84. The summed E-state index contributed by atoms with van der Waals surface area (Å²) in [5.74, 6) is 0.329. The van der Waals surface area contributed by atoms with Gasteiger partial charge in [-0.25, -0.2) is 15.0 Å². The molecular formula is C24H42N6O5Si2. The molecule has 3 aliphatic rings. The van der Waals surface area contributed by atoms with Crippen LogP contribution in [-0.4, -0.2) is 79.7 Å². The van der Waals surface area contributed by atoms with Gasteiger partial charge in [-0.05, 0) is 22.2 Å². The van der Waals surface area contributed by atoms with Crippen LogP contribution in [0.15, 0.2) is 12.7 Å². The van der Waals surface area contributed by atoms with Crippen molar-refractivity contribution in [1.29, 1.82) is 0 Å². The summed E-state index contributed by atoms with van der Waals surface area (Å²) in [6.07, 6.45) is 1.78. The number of rotatable bonds is 5. The van der Waals surface area contributed by atoms with Crippen LogP contribution < -0.4 is 5.73 Å². The third-order valence-electron chi connectivity index (χ3n) is 8.30. The molecule has 3 fully saturated rings. The third-order valence-corrected chi connectivity index (χ3v) is 18.5. The lowest BCUT2D eigenvalue weighted by Crippen LogP contribution is -2.71.